The first-order chi connectivity index (χ1) is 17.7. The lowest BCUT2D eigenvalue weighted by Gasteiger charge is -2.63. The highest BCUT2D eigenvalue weighted by molar-refractivity contribution is 7.96. The van der Waals surface area contributed by atoms with Gasteiger partial charge in [0.1, 0.15) is 11.9 Å². The Kier molecular flexibility index (Phi) is 6.15. The van der Waals surface area contributed by atoms with E-state index in [1.807, 2.05) is 6.92 Å². The lowest BCUT2D eigenvalue weighted by molar-refractivity contribution is -0.221. The number of carbonyl (C=O) groups excluding carboxylic acids is 3. The number of ether oxygens (including phenoxy) is 1. The van der Waals surface area contributed by atoms with Gasteiger partial charge in [-0.05, 0) is 69.7 Å². The van der Waals surface area contributed by atoms with Gasteiger partial charge in [0.05, 0.1) is 11.8 Å². The minimum atomic E-state index is -2.29. The number of aryl methyl sites for hydroxylation is 2. The smallest absolute Gasteiger partial charge is 0.357 e. The number of hydrogen-bond donors (Lipinski definition) is 2. The van der Waals surface area contributed by atoms with E-state index in [1.165, 1.54) is 23.8 Å². The van der Waals surface area contributed by atoms with E-state index in [0.29, 0.717) is 12.2 Å². The van der Waals surface area contributed by atoms with Gasteiger partial charge >= 0.3 is 5.97 Å². The van der Waals surface area contributed by atoms with Crippen LogP contribution < -0.4 is 0 Å². The van der Waals surface area contributed by atoms with Gasteiger partial charge in [-0.2, -0.15) is 5.10 Å². The maximum absolute atomic E-state index is 17.4. The van der Waals surface area contributed by atoms with Crippen molar-refractivity contribution in [1.29, 1.82) is 0 Å². The van der Waals surface area contributed by atoms with Crippen LogP contribution in [0.3, 0.4) is 0 Å². The number of thiol groups is 1. The first-order valence-electron chi connectivity index (χ1n) is 13.1. The lowest BCUT2D eigenvalue weighted by atomic mass is 9.44. The second kappa shape index (κ2) is 8.58. The standard InChI is InChI=1S/C28H34F2N2O5S/c1-6-32-21(10-15(3)31-32)23(35)37-28(24(36)38)14(2)9-17-18-12-20(29)19-11-16(33)7-8-25(19,4)27(18,30)22(34)13-26(17,28)5/h7-8,10-11,14,17-18,20,22,34H,6,9,12-13H2,1-5H3,(H,36,38)/t14-,17+,18+,20+,22+,25+,26+,27+,28+/m1/s1. The van der Waals surface area contributed by atoms with Crippen molar-refractivity contribution in [1.82, 2.24) is 9.78 Å². The fourth-order valence-electron chi connectivity index (χ4n) is 8.39. The van der Waals surface area contributed by atoms with E-state index in [4.69, 9.17) is 4.74 Å². The van der Waals surface area contributed by atoms with Gasteiger partial charge in [0.15, 0.2) is 17.1 Å². The van der Waals surface area contributed by atoms with Crippen molar-refractivity contribution in [3.8, 4) is 0 Å². The summed E-state index contributed by atoms with van der Waals surface area (Å²) in [6.45, 7) is 8.96. The molecule has 0 aliphatic heterocycles. The number of esters is 1. The van der Waals surface area contributed by atoms with Crippen molar-refractivity contribution in [2.75, 3.05) is 0 Å². The first kappa shape index (κ1) is 27.2. The number of ketones is 1. The van der Waals surface area contributed by atoms with Crippen LogP contribution in [0.2, 0.25) is 0 Å². The molecule has 1 aromatic heterocycles. The Balaban J connectivity index is 1.61. The van der Waals surface area contributed by atoms with Gasteiger partial charge in [-0.3, -0.25) is 14.3 Å². The molecule has 38 heavy (non-hydrogen) atoms. The monoisotopic (exact) mass is 548 g/mol. The average molecular weight is 549 g/mol. The predicted octanol–water partition coefficient (Wildman–Crippen LogP) is 4.13. The van der Waals surface area contributed by atoms with Gasteiger partial charge in [0.2, 0.25) is 5.12 Å². The van der Waals surface area contributed by atoms with E-state index < -0.39 is 69.0 Å². The zero-order chi connectivity index (χ0) is 28.0. The van der Waals surface area contributed by atoms with E-state index in [-0.39, 0.29) is 30.5 Å². The normalized spacial score (nSPS) is 43.7. The number of aromatic nitrogens is 2. The van der Waals surface area contributed by atoms with Crippen LogP contribution in [0.4, 0.5) is 8.78 Å². The van der Waals surface area contributed by atoms with Crippen LogP contribution in [0.15, 0.2) is 29.9 Å². The first-order valence-corrected chi connectivity index (χ1v) is 13.6. The average Bonchev–Trinajstić information content (AvgIpc) is 3.33. The highest BCUT2D eigenvalue weighted by atomic mass is 32.1. The molecule has 0 spiro atoms. The zero-order valence-corrected chi connectivity index (χ0v) is 23.1. The van der Waals surface area contributed by atoms with Crippen LogP contribution in [-0.2, 0) is 20.9 Å². The Morgan fingerprint density at radius 2 is 1.97 bits per heavy atom. The Hall–Kier alpha value is -2.33. The van der Waals surface area contributed by atoms with E-state index in [9.17, 15) is 19.5 Å². The summed E-state index contributed by atoms with van der Waals surface area (Å²) in [5, 5.41) is 15.1. The van der Waals surface area contributed by atoms with Crippen LogP contribution in [0.25, 0.3) is 0 Å². The molecular weight excluding hydrogens is 514 g/mol. The molecule has 10 heteroatoms. The summed E-state index contributed by atoms with van der Waals surface area (Å²) in [6, 6.07) is 1.57. The van der Waals surface area contributed by atoms with Gasteiger partial charge in [0, 0.05) is 29.2 Å². The van der Waals surface area contributed by atoms with Crippen molar-refractivity contribution in [3.05, 3.63) is 41.3 Å². The summed E-state index contributed by atoms with van der Waals surface area (Å²) in [5.41, 5.74) is -6.02. The maximum Gasteiger partial charge on any atom is 0.357 e. The highest BCUT2D eigenvalue weighted by Crippen LogP contribution is 2.71. The Morgan fingerprint density at radius 1 is 1.29 bits per heavy atom. The lowest BCUT2D eigenvalue weighted by Crippen LogP contribution is -2.70. The van der Waals surface area contributed by atoms with Crippen molar-refractivity contribution in [2.45, 2.75) is 84.0 Å². The molecule has 0 radical (unpaired) electrons. The number of carbonyl (C=O) groups is 3. The number of fused-ring (bicyclic) bond motifs is 5. The van der Waals surface area contributed by atoms with Crippen LogP contribution in [0.5, 0.6) is 0 Å². The fourth-order valence-corrected chi connectivity index (χ4v) is 8.91. The number of allylic oxidation sites excluding steroid dienone is 4. The van der Waals surface area contributed by atoms with E-state index >= 15 is 8.78 Å². The predicted molar refractivity (Wildman–Crippen MR) is 138 cm³/mol. The molecule has 3 fully saturated rings. The molecule has 5 rings (SSSR count). The molecule has 1 heterocycles. The van der Waals surface area contributed by atoms with E-state index in [0.717, 1.165) is 6.08 Å². The van der Waals surface area contributed by atoms with Crippen molar-refractivity contribution in [2.24, 2.45) is 28.6 Å². The molecule has 0 unspecified atom stereocenters. The summed E-state index contributed by atoms with van der Waals surface area (Å²) in [5.74, 6) is -3.35. The van der Waals surface area contributed by atoms with Gasteiger partial charge in [0.25, 0.3) is 0 Å². The molecule has 4 aliphatic carbocycles. The van der Waals surface area contributed by atoms with Crippen molar-refractivity contribution in [3.63, 3.8) is 0 Å². The molecule has 0 saturated heterocycles. The summed E-state index contributed by atoms with van der Waals surface area (Å²) in [6.07, 6.45) is 0.333. The largest absolute Gasteiger partial charge is 0.444 e. The quantitative estimate of drug-likeness (QED) is 0.434. The number of halogens is 2. The molecule has 1 N–H and O–H groups in total. The molecular formula is C28H34F2N2O5S. The summed E-state index contributed by atoms with van der Waals surface area (Å²) < 4.78 is 40.7. The molecule has 206 valence electrons. The number of alkyl halides is 2. The van der Waals surface area contributed by atoms with Gasteiger partial charge in [-0.25, -0.2) is 13.6 Å². The van der Waals surface area contributed by atoms with E-state index in [2.05, 4.69) is 17.7 Å². The van der Waals surface area contributed by atoms with E-state index in [1.54, 1.807) is 26.8 Å². The van der Waals surface area contributed by atoms with Gasteiger partial charge in [-0.15, -0.1) is 12.6 Å². The third-order valence-electron chi connectivity index (χ3n) is 10.2. The van der Waals surface area contributed by atoms with Gasteiger partial charge in [-0.1, -0.05) is 19.9 Å². The summed E-state index contributed by atoms with van der Waals surface area (Å²) in [4.78, 5) is 38.9. The molecule has 0 aromatic carbocycles. The minimum absolute atomic E-state index is 0.0311. The van der Waals surface area contributed by atoms with Crippen molar-refractivity contribution < 1.29 is 33.0 Å². The fraction of sp³-hybridized carbons (Fsp3) is 0.643. The number of hydrogen-bond acceptors (Lipinski definition) is 6. The Bertz CT molecular complexity index is 1290. The zero-order valence-electron chi connectivity index (χ0n) is 22.2. The molecule has 3 saturated carbocycles. The molecule has 0 amide bonds. The third kappa shape index (κ3) is 3.22. The van der Waals surface area contributed by atoms with Gasteiger partial charge < -0.3 is 9.84 Å². The minimum Gasteiger partial charge on any atom is -0.444 e. The SMILES string of the molecule is CCn1nc(C)cc1C(=O)O[C@]1(C(=O)S)[C@H](C)C[C@H]2[C@@H]3C[C@H](F)C4=CC(=O)C=C[C@]4(C)[C@@]3(F)[C@@H](O)C[C@@]21C. The molecule has 9 atom stereocenters. The summed E-state index contributed by atoms with van der Waals surface area (Å²) >= 11 is 4.19. The molecule has 0 bridgehead atoms. The third-order valence-corrected chi connectivity index (χ3v) is 10.5. The highest BCUT2D eigenvalue weighted by Gasteiger charge is 2.78. The summed E-state index contributed by atoms with van der Waals surface area (Å²) in [7, 11) is 0. The number of aliphatic hydroxyl groups is 1. The van der Waals surface area contributed by atoms with Crippen LogP contribution in [-0.4, -0.2) is 55.3 Å². The number of aliphatic hydroxyl groups excluding tert-OH is 1. The second-order valence-corrected chi connectivity index (χ2v) is 12.3. The van der Waals surface area contributed by atoms with Crippen molar-refractivity contribution >= 4 is 29.5 Å². The molecule has 7 nitrogen and oxygen atoms in total. The van der Waals surface area contributed by atoms with Crippen LogP contribution >= 0.6 is 12.6 Å². The molecule has 1 aromatic rings. The topological polar surface area (TPSA) is 98.5 Å². The van der Waals surface area contributed by atoms with Crippen LogP contribution in [0.1, 0.15) is 63.1 Å². The Morgan fingerprint density at radius 3 is 2.61 bits per heavy atom. The second-order valence-electron chi connectivity index (χ2n) is 11.9. The molecule has 4 aliphatic rings. The van der Waals surface area contributed by atoms with Crippen LogP contribution in [0, 0.1) is 35.5 Å². The number of nitrogens with zero attached hydrogens (tertiary/aromatic N) is 2. The number of rotatable bonds is 4. The Labute approximate surface area is 226 Å². The maximum atomic E-state index is 17.4.